The number of piperidine rings is 1. The molecule has 4 aliphatic carbocycles. The van der Waals surface area contributed by atoms with Crippen LogP contribution in [0.3, 0.4) is 0 Å². The highest BCUT2D eigenvalue weighted by atomic mass is 16.5. The lowest BCUT2D eigenvalue weighted by atomic mass is 9.52. The summed E-state index contributed by atoms with van der Waals surface area (Å²) in [5, 5.41) is 21.1. The highest BCUT2D eigenvalue weighted by Crippen LogP contribution is 2.56. The number of aliphatic carboxylic acids is 1. The van der Waals surface area contributed by atoms with Crippen molar-refractivity contribution < 1.29 is 38.8 Å². The van der Waals surface area contributed by atoms with Crippen LogP contribution >= 0.6 is 0 Å². The van der Waals surface area contributed by atoms with Gasteiger partial charge in [0.15, 0.2) is 6.10 Å². The zero-order valence-electron chi connectivity index (χ0n) is 42.9. The number of likely N-dealkylation sites (tertiary alicyclic amines) is 1. The maximum atomic E-state index is 11.5. The molecule has 1 saturated heterocycles. The van der Waals surface area contributed by atoms with Crippen LogP contribution in [-0.2, 0) is 39.1 Å². The normalized spacial score (nSPS) is 24.3. The molecule has 11 heteroatoms. The molecular weight excluding hydrogens is 903 g/mol. The van der Waals surface area contributed by atoms with Gasteiger partial charge in [0.2, 0.25) is 12.8 Å². The van der Waals surface area contributed by atoms with Gasteiger partial charge in [-0.05, 0) is 185 Å². The zero-order chi connectivity index (χ0) is 50.5. The van der Waals surface area contributed by atoms with Gasteiger partial charge < -0.3 is 39.5 Å². The molecule has 3 unspecified atom stereocenters. The summed E-state index contributed by atoms with van der Waals surface area (Å²) in [5.41, 5.74) is 13.0. The number of hydrogen-bond acceptors (Lipinski definition) is 8. The summed E-state index contributed by atoms with van der Waals surface area (Å²) in [6.45, 7) is 2.95. The van der Waals surface area contributed by atoms with Gasteiger partial charge in [0.1, 0.15) is 17.2 Å². The third-order valence-corrected chi connectivity index (χ3v) is 16.9. The number of fused-ring (bicyclic) bond motifs is 1. The molecule has 72 heavy (non-hydrogen) atoms. The maximum Gasteiger partial charge on any atom is 0.337 e. The predicted octanol–water partition coefficient (Wildman–Crippen LogP) is 10.5. The molecule has 3 N–H and O–H groups in total. The van der Waals surface area contributed by atoms with Crippen LogP contribution in [-0.4, -0.2) is 97.9 Å². The smallest absolute Gasteiger partial charge is 0.337 e. The molecule has 4 aromatic carbocycles. The van der Waals surface area contributed by atoms with Crippen molar-refractivity contribution in [3.8, 4) is 17.2 Å². The minimum Gasteiger partial charge on any atom is -0.497 e. The van der Waals surface area contributed by atoms with Crippen LogP contribution in [0.15, 0.2) is 119 Å². The largest absolute Gasteiger partial charge is 0.497 e. The van der Waals surface area contributed by atoms with Crippen LogP contribution < -0.4 is 19.5 Å². The second-order valence-corrected chi connectivity index (χ2v) is 20.7. The van der Waals surface area contributed by atoms with Gasteiger partial charge in [-0.25, -0.2) is 4.79 Å². The summed E-state index contributed by atoms with van der Waals surface area (Å²) in [6.07, 6.45) is 22.8. The van der Waals surface area contributed by atoms with Crippen LogP contribution in [0.2, 0.25) is 0 Å². The number of aliphatic hydroxyl groups is 1. The second-order valence-electron chi connectivity index (χ2n) is 20.7. The van der Waals surface area contributed by atoms with E-state index in [1.807, 2.05) is 17.0 Å². The molecule has 0 aromatic heterocycles. The van der Waals surface area contributed by atoms with E-state index < -0.39 is 12.1 Å². The first-order valence-corrected chi connectivity index (χ1v) is 26.6. The number of carboxylic acids is 1. The lowest BCUT2D eigenvalue weighted by molar-refractivity contribution is -0.147. The van der Waals surface area contributed by atoms with E-state index in [2.05, 4.69) is 64.8 Å². The fraction of sp³-hybridized carbons (Fsp3) is 0.492. The summed E-state index contributed by atoms with van der Waals surface area (Å²) < 4.78 is 15.9. The van der Waals surface area contributed by atoms with Crippen molar-refractivity contribution in [2.45, 2.75) is 145 Å². The molecule has 384 valence electrons. The van der Waals surface area contributed by atoms with E-state index in [-0.39, 0.29) is 6.04 Å². The first-order valence-electron chi connectivity index (χ1n) is 26.6. The Morgan fingerprint density at radius 1 is 0.681 bits per heavy atom. The number of hydrogen-bond donors (Lipinski definition) is 3. The number of rotatable bonds is 11. The molecular formula is C61H77N3O8. The van der Waals surface area contributed by atoms with E-state index in [0.717, 1.165) is 81.8 Å². The minimum absolute atomic E-state index is 0.264. The summed E-state index contributed by atoms with van der Waals surface area (Å²) in [7, 11) is 5.15. The molecule has 2 fully saturated rings. The van der Waals surface area contributed by atoms with Crippen molar-refractivity contribution in [3.63, 3.8) is 0 Å². The fourth-order valence-electron chi connectivity index (χ4n) is 13.1. The van der Waals surface area contributed by atoms with Crippen LogP contribution in [0.4, 0.5) is 0 Å². The van der Waals surface area contributed by atoms with Gasteiger partial charge in [-0.1, -0.05) is 90.2 Å². The third kappa shape index (κ3) is 12.3. The van der Waals surface area contributed by atoms with E-state index in [0.29, 0.717) is 29.0 Å². The highest BCUT2D eigenvalue weighted by Gasteiger charge is 2.53. The van der Waals surface area contributed by atoms with Crippen molar-refractivity contribution in [2.75, 3.05) is 41.0 Å². The van der Waals surface area contributed by atoms with Gasteiger partial charge in [0, 0.05) is 30.6 Å². The number of nitrogens with one attached hydrogen (secondary N) is 1. The number of methoxy groups -OCH3 is 3. The Bertz CT molecular complexity index is 2480. The van der Waals surface area contributed by atoms with Gasteiger partial charge in [-0.15, -0.1) is 0 Å². The summed E-state index contributed by atoms with van der Waals surface area (Å²) in [6, 6.07) is 32.8. The van der Waals surface area contributed by atoms with Gasteiger partial charge in [-0.2, -0.15) is 0 Å². The average molecular weight is 980 g/mol. The Morgan fingerprint density at radius 3 is 1.93 bits per heavy atom. The summed E-state index contributed by atoms with van der Waals surface area (Å²) in [4.78, 5) is 37.2. The Morgan fingerprint density at radius 2 is 1.29 bits per heavy atom. The molecule has 7 aliphatic rings. The molecule has 4 aromatic rings. The van der Waals surface area contributed by atoms with Crippen molar-refractivity contribution in [1.82, 2.24) is 15.1 Å². The number of carbonyl (C=O) groups is 3. The first kappa shape index (κ1) is 52.4. The zero-order valence-corrected chi connectivity index (χ0v) is 42.9. The van der Waals surface area contributed by atoms with Crippen LogP contribution in [0.5, 0.6) is 17.2 Å². The Hall–Kier alpha value is -5.91. The van der Waals surface area contributed by atoms with Crippen LogP contribution in [0.1, 0.15) is 130 Å². The molecule has 3 heterocycles. The summed E-state index contributed by atoms with van der Waals surface area (Å²) in [5.74, 6) is 2.22. The molecule has 0 spiro atoms. The molecule has 3 aliphatic heterocycles. The number of aliphatic hydroxyl groups excluding tert-OH is 1. The lowest BCUT2D eigenvalue weighted by Gasteiger charge is -2.58. The molecule has 2 amide bonds. The van der Waals surface area contributed by atoms with Gasteiger partial charge in [0.25, 0.3) is 0 Å². The van der Waals surface area contributed by atoms with E-state index in [1.165, 1.54) is 111 Å². The fourth-order valence-corrected chi connectivity index (χ4v) is 13.1. The Balaban J connectivity index is 0.000000132. The number of benzene rings is 4. The first-order chi connectivity index (χ1) is 35.2. The van der Waals surface area contributed by atoms with Crippen molar-refractivity contribution in [3.05, 3.63) is 147 Å². The monoisotopic (exact) mass is 980 g/mol. The number of ether oxygens (including phenoxy) is 3. The van der Waals surface area contributed by atoms with Gasteiger partial charge >= 0.3 is 5.97 Å². The Kier molecular flexibility index (Phi) is 18.3. The van der Waals surface area contributed by atoms with Crippen molar-refractivity contribution in [1.29, 1.82) is 0 Å². The topological polar surface area (TPSA) is 138 Å². The van der Waals surface area contributed by atoms with Gasteiger partial charge in [-0.3, -0.25) is 9.59 Å². The highest BCUT2D eigenvalue weighted by molar-refractivity contribution is 5.73. The van der Waals surface area contributed by atoms with Crippen LogP contribution in [0, 0.1) is 5.92 Å². The van der Waals surface area contributed by atoms with E-state index in [1.54, 1.807) is 68.4 Å². The third-order valence-electron chi connectivity index (χ3n) is 16.9. The molecule has 6 atom stereocenters. The lowest BCUT2D eigenvalue weighted by Crippen LogP contribution is -2.60. The second kappa shape index (κ2) is 25.2. The van der Waals surface area contributed by atoms with Crippen molar-refractivity contribution >= 4 is 18.8 Å². The molecule has 11 rings (SSSR count). The van der Waals surface area contributed by atoms with E-state index >= 15 is 0 Å². The minimum atomic E-state index is -1.41. The standard InChI is InChI=1S/2C18H23NO2.C17H23NO.C8H8O3/c1-21-14-6-5-13-10-17-15-4-2-3-7-18(15,16(13)11-14)8-9-19(17)12-20;1-21-16-8-6-14(7-9-16)12-18-17-5-3-2-4-15(17)10-11-19(18)13-20;1-19-15-8-6-13(7-9-15)12-17-16-5-3-2-4-14(16)10-11-18-17;9-7(8(10)11)6-4-2-1-3-5-6/h5-6,11-12,15,17H,2-4,7-10H2,1H3;6-9,13,18H,2-5,10-12H2,1H3;6-9,17-18H,2-5,10-12H2,1H3;1-5,7,9H,(H,10,11)/t15-,17+,18+;;;/m0.../s1. The number of carbonyl (C=O) groups excluding carboxylic acids is 2. The average Bonchev–Trinajstić information content (AvgIpc) is 3.44. The van der Waals surface area contributed by atoms with E-state index in [4.69, 9.17) is 24.4 Å². The SMILES string of the molecule is COc1ccc(CC2C3=C(CCCC3)CCN2C=O)cc1.COc1ccc(CC2NCCC3=C2CCCC3)cc1.COc1ccc2c(c1)[C@@]13CCCC[C@H]1[C@@H](C2)N(C=O)CC3.O=C(O)C(O)c1ccccc1. The van der Waals surface area contributed by atoms with Crippen molar-refractivity contribution in [2.24, 2.45) is 5.92 Å². The number of amides is 2. The molecule has 1 saturated carbocycles. The maximum absolute atomic E-state index is 11.5. The molecule has 11 nitrogen and oxygen atoms in total. The number of nitrogens with zero attached hydrogens (tertiary/aromatic N) is 2. The van der Waals surface area contributed by atoms with E-state index in [9.17, 15) is 14.4 Å². The number of carboxylic acid groups (broad SMARTS) is 1. The van der Waals surface area contributed by atoms with Crippen LogP contribution in [0.25, 0.3) is 0 Å². The summed E-state index contributed by atoms with van der Waals surface area (Å²) >= 11 is 0. The van der Waals surface area contributed by atoms with Gasteiger partial charge in [0.05, 0.1) is 27.4 Å². The Labute approximate surface area is 427 Å². The molecule has 2 bridgehead atoms. The predicted molar refractivity (Wildman–Crippen MR) is 283 cm³/mol. The molecule has 0 radical (unpaired) electrons. The quantitative estimate of drug-likeness (QED) is 0.0991.